The van der Waals surface area contributed by atoms with Crippen LogP contribution in [-0.4, -0.2) is 50.0 Å². The number of rotatable bonds is 3. The Balaban J connectivity index is 1.79. The fraction of sp³-hybridized carbons (Fsp3) is 0.579. The van der Waals surface area contributed by atoms with Crippen molar-refractivity contribution in [3.05, 3.63) is 24.2 Å². The van der Waals surface area contributed by atoms with E-state index in [-0.39, 0.29) is 17.8 Å². The molecule has 3 rings (SSSR count). The number of carbonyl (C=O) groups excluding carboxylic acids is 2. The molecule has 0 N–H and O–H groups in total. The molecule has 26 heavy (non-hydrogen) atoms. The molecule has 0 unspecified atom stereocenters. The molecule has 0 aliphatic carbocycles. The van der Waals surface area contributed by atoms with Gasteiger partial charge in [0.05, 0.1) is 0 Å². The van der Waals surface area contributed by atoms with Crippen LogP contribution in [0.15, 0.2) is 18.3 Å². The summed E-state index contributed by atoms with van der Waals surface area (Å²) in [6.07, 6.45) is 3.34. The highest BCUT2D eigenvalue weighted by Crippen LogP contribution is 2.23. The SMILES string of the molecule is CC(=O)c1nc2cccnc2n1C[C@@H]1CCCN(C(=O)OC(C)(C)C)C1. The zero-order valence-corrected chi connectivity index (χ0v) is 15.9. The Labute approximate surface area is 153 Å². The first kappa shape index (κ1) is 18.4. The zero-order chi connectivity index (χ0) is 18.9. The van der Waals surface area contributed by atoms with Crippen LogP contribution in [-0.2, 0) is 11.3 Å². The van der Waals surface area contributed by atoms with Gasteiger partial charge in [-0.2, -0.15) is 0 Å². The Morgan fingerprint density at radius 2 is 2.12 bits per heavy atom. The third kappa shape index (κ3) is 4.03. The van der Waals surface area contributed by atoms with Crippen LogP contribution in [0.2, 0.25) is 0 Å². The van der Waals surface area contributed by atoms with Gasteiger partial charge in [0, 0.05) is 32.8 Å². The van der Waals surface area contributed by atoms with Gasteiger partial charge in [0.1, 0.15) is 11.1 Å². The number of pyridine rings is 1. The van der Waals surface area contributed by atoms with Crippen LogP contribution >= 0.6 is 0 Å². The molecule has 1 saturated heterocycles. The number of imidazole rings is 1. The zero-order valence-electron chi connectivity index (χ0n) is 15.9. The summed E-state index contributed by atoms with van der Waals surface area (Å²) in [4.78, 5) is 35.0. The van der Waals surface area contributed by atoms with Gasteiger partial charge in [-0.3, -0.25) is 4.79 Å². The minimum atomic E-state index is -0.504. The minimum Gasteiger partial charge on any atom is -0.444 e. The highest BCUT2D eigenvalue weighted by atomic mass is 16.6. The highest BCUT2D eigenvalue weighted by Gasteiger charge is 2.29. The van der Waals surface area contributed by atoms with Crippen molar-refractivity contribution in [2.24, 2.45) is 5.92 Å². The van der Waals surface area contributed by atoms with E-state index in [1.54, 1.807) is 11.1 Å². The molecule has 7 heteroatoms. The summed E-state index contributed by atoms with van der Waals surface area (Å²) < 4.78 is 7.38. The molecule has 1 amide bonds. The Kier molecular flexibility index (Phi) is 4.98. The van der Waals surface area contributed by atoms with Crippen molar-refractivity contribution in [1.29, 1.82) is 0 Å². The topological polar surface area (TPSA) is 77.3 Å². The first-order valence-corrected chi connectivity index (χ1v) is 9.05. The average Bonchev–Trinajstić information content (AvgIpc) is 2.93. The molecule has 1 atom stereocenters. The van der Waals surface area contributed by atoms with E-state index in [2.05, 4.69) is 9.97 Å². The first-order chi connectivity index (χ1) is 12.2. The molecule has 140 valence electrons. The normalized spacial score (nSPS) is 18.2. The van der Waals surface area contributed by atoms with Crippen molar-refractivity contribution in [1.82, 2.24) is 19.4 Å². The maximum Gasteiger partial charge on any atom is 0.410 e. The summed E-state index contributed by atoms with van der Waals surface area (Å²) in [5.74, 6) is 0.574. The van der Waals surface area contributed by atoms with Gasteiger partial charge < -0.3 is 14.2 Å². The summed E-state index contributed by atoms with van der Waals surface area (Å²) in [5, 5.41) is 0. The number of nitrogens with zero attached hydrogens (tertiary/aromatic N) is 4. The van der Waals surface area contributed by atoms with Crippen LogP contribution < -0.4 is 0 Å². The number of carbonyl (C=O) groups is 2. The number of ether oxygens (including phenoxy) is 1. The van der Waals surface area contributed by atoms with Crippen LogP contribution in [0, 0.1) is 5.92 Å². The van der Waals surface area contributed by atoms with Gasteiger partial charge in [-0.1, -0.05) is 0 Å². The molecular weight excluding hydrogens is 332 g/mol. The first-order valence-electron chi connectivity index (χ1n) is 9.05. The molecule has 0 bridgehead atoms. The van der Waals surface area contributed by atoms with Crippen molar-refractivity contribution in [2.75, 3.05) is 13.1 Å². The van der Waals surface area contributed by atoms with E-state index in [0.717, 1.165) is 18.4 Å². The average molecular weight is 358 g/mol. The number of piperidine rings is 1. The molecule has 0 radical (unpaired) electrons. The lowest BCUT2D eigenvalue weighted by atomic mass is 9.98. The molecule has 2 aromatic rings. The van der Waals surface area contributed by atoms with E-state index in [9.17, 15) is 9.59 Å². The summed E-state index contributed by atoms with van der Waals surface area (Å²) in [7, 11) is 0. The number of fused-ring (bicyclic) bond motifs is 1. The van der Waals surface area contributed by atoms with E-state index >= 15 is 0 Å². The van der Waals surface area contributed by atoms with Crippen molar-refractivity contribution in [3.63, 3.8) is 0 Å². The maximum atomic E-state index is 12.4. The van der Waals surface area contributed by atoms with Crippen molar-refractivity contribution in [3.8, 4) is 0 Å². The number of amides is 1. The monoisotopic (exact) mass is 358 g/mol. The molecule has 0 aromatic carbocycles. The largest absolute Gasteiger partial charge is 0.444 e. The van der Waals surface area contributed by atoms with Crippen molar-refractivity contribution < 1.29 is 14.3 Å². The van der Waals surface area contributed by atoms with E-state index in [4.69, 9.17) is 4.74 Å². The molecule has 1 fully saturated rings. The molecule has 7 nitrogen and oxygen atoms in total. The number of hydrogen-bond acceptors (Lipinski definition) is 5. The molecule has 1 aliphatic heterocycles. The quantitative estimate of drug-likeness (QED) is 0.787. The Bertz CT molecular complexity index is 822. The van der Waals surface area contributed by atoms with Gasteiger partial charge in [-0.15, -0.1) is 0 Å². The van der Waals surface area contributed by atoms with Gasteiger partial charge in [0.2, 0.25) is 0 Å². The van der Waals surface area contributed by atoms with Gasteiger partial charge in [0.25, 0.3) is 0 Å². The summed E-state index contributed by atoms with van der Waals surface area (Å²) in [6, 6.07) is 3.67. The van der Waals surface area contributed by atoms with Crippen LogP contribution in [0.25, 0.3) is 11.2 Å². The third-order valence-corrected chi connectivity index (χ3v) is 4.43. The predicted molar refractivity (Wildman–Crippen MR) is 98.1 cm³/mol. The van der Waals surface area contributed by atoms with E-state index in [1.807, 2.05) is 37.5 Å². The predicted octanol–water partition coefficient (Wildman–Crippen LogP) is 3.28. The highest BCUT2D eigenvalue weighted by molar-refractivity contribution is 5.94. The second kappa shape index (κ2) is 7.05. The summed E-state index contributed by atoms with van der Waals surface area (Å²) >= 11 is 0. The standard InChI is InChI=1S/C19H26N4O3/c1-13(24)16-21-15-8-5-9-20-17(15)23(16)12-14-7-6-10-22(11-14)18(25)26-19(2,3)4/h5,8-9,14H,6-7,10-12H2,1-4H3/t14-/m1/s1. The lowest BCUT2D eigenvalue weighted by Gasteiger charge is -2.34. The van der Waals surface area contributed by atoms with Crippen LogP contribution in [0.4, 0.5) is 4.79 Å². The number of ketones is 1. The molecular formula is C19H26N4O3. The summed E-state index contributed by atoms with van der Waals surface area (Å²) in [6.45, 7) is 9.05. The van der Waals surface area contributed by atoms with E-state index < -0.39 is 5.60 Å². The number of hydrogen-bond donors (Lipinski definition) is 0. The van der Waals surface area contributed by atoms with Gasteiger partial charge >= 0.3 is 6.09 Å². The van der Waals surface area contributed by atoms with Gasteiger partial charge in [-0.25, -0.2) is 14.8 Å². The fourth-order valence-electron chi connectivity index (χ4n) is 3.36. The number of likely N-dealkylation sites (tertiary alicyclic amines) is 1. The second-order valence-corrected chi connectivity index (χ2v) is 7.88. The molecule has 0 spiro atoms. The minimum absolute atomic E-state index is 0.0807. The molecule has 2 aromatic heterocycles. The molecule has 3 heterocycles. The van der Waals surface area contributed by atoms with E-state index in [1.165, 1.54) is 6.92 Å². The van der Waals surface area contributed by atoms with Crippen LogP contribution in [0.5, 0.6) is 0 Å². The Hall–Kier alpha value is -2.44. The lowest BCUT2D eigenvalue weighted by Crippen LogP contribution is -2.43. The second-order valence-electron chi connectivity index (χ2n) is 7.88. The smallest absolute Gasteiger partial charge is 0.410 e. The van der Waals surface area contributed by atoms with Gasteiger partial charge in [0.15, 0.2) is 17.3 Å². The number of aromatic nitrogens is 3. The van der Waals surface area contributed by atoms with Crippen molar-refractivity contribution in [2.45, 2.75) is 52.7 Å². The Morgan fingerprint density at radius 1 is 1.35 bits per heavy atom. The van der Waals surface area contributed by atoms with Crippen molar-refractivity contribution >= 4 is 23.0 Å². The maximum absolute atomic E-state index is 12.4. The van der Waals surface area contributed by atoms with Crippen LogP contribution in [0.1, 0.15) is 51.2 Å². The summed E-state index contributed by atoms with van der Waals surface area (Å²) in [5.41, 5.74) is 0.931. The lowest BCUT2D eigenvalue weighted by molar-refractivity contribution is 0.0157. The third-order valence-electron chi connectivity index (χ3n) is 4.43. The van der Waals surface area contributed by atoms with E-state index in [0.29, 0.717) is 31.1 Å². The molecule has 1 aliphatic rings. The van der Waals surface area contributed by atoms with Gasteiger partial charge in [-0.05, 0) is 51.7 Å². The Morgan fingerprint density at radius 3 is 2.81 bits per heavy atom. The fourth-order valence-corrected chi connectivity index (χ4v) is 3.36. The molecule has 0 saturated carbocycles. The number of Topliss-reactive ketones (excluding diaryl/α,β-unsaturated/α-hetero) is 1. The van der Waals surface area contributed by atoms with Crippen LogP contribution in [0.3, 0.4) is 0 Å².